The van der Waals surface area contributed by atoms with Gasteiger partial charge in [-0.25, -0.2) is 18.1 Å². The summed E-state index contributed by atoms with van der Waals surface area (Å²) in [5, 5.41) is 0. The number of nitrogens with zero attached hydrogens (tertiary/aromatic N) is 1. The lowest BCUT2D eigenvalue weighted by molar-refractivity contribution is 0.581. The highest BCUT2D eigenvalue weighted by molar-refractivity contribution is 7.89. The van der Waals surface area contributed by atoms with Gasteiger partial charge in [-0.3, -0.25) is 0 Å². The van der Waals surface area contributed by atoms with Crippen LogP contribution >= 0.6 is 0 Å². The number of aromatic nitrogens is 2. The zero-order valence-corrected chi connectivity index (χ0v) is 14.6. The van der Waals surface area contributed by atoms with E-state index in [9.17, 15) is 8.42 Å². The fourth-order valence-corrected chi connectivity index (χ4v) is 3.62. The minimum atomic E-state index is -3.47. The third-order valence-electron chi connectivity index (χ3n) is 4.05. The Morgan fingerprint density at radius 1 is 1.12 bits per heavy atom. The summed E-state index contributed by atoms with van der Waals surface area (Å²) >= 11 is 0. The second-order valence-electron chi connectivity index (χ2n) is 6.13. The number of H-pyrrole nitrogens is 1. The molecule has 126 valence electrons. The minimum absolute atomic E-state index is 0.302. The van der Waals surface area contributed by atoms with Crippen molar-refractivity contribution in [2.75, 3.05) is 6.54 Å². The fraction of sp³-hybridized carbons (Fsp3) is 0.278. The topological polar surface area (TPSA) is 74.8 Å². The van der Waals surface area contributed by atoms with Gasteiger partial charge < -0.3 is 4.98 Å². The quantitative estimate of drug-likeness (QED) is 0.722. The van der Waals surface area contributed by atoms with Crippen molar-refractivity contribution in [2.24, 2.45) is 0 Å². The molecule has 3 aromatic rings. The predicted octanol–water partition coefficient (Wildman–Crippen LogP) is 3.21. The molecule has 0 fully saturated rings. The van der Waals surface area contributed by atoms with Crippen LogP contribution in [-0.2, 0) is 16.4 Å². The van der Waals surface area contributed by atoms with E-state index in [1.165, 1.54) is 0 Å². The van der Waals surface area contributed by atoms with E-state index in [0.717, 1.165) is 22.2 Å². The third kappa shape index (κ3) is 3.66. The summed E-state index contributed by atoms with van der Waals surface area (Å²) in [6.07, 6.45) is 2.27. The standard InChI is InChI=1S/C18H21N3O2S/c1-13(2)15-4-6-16(7-5-15)24(22,23)21-10-9-14-3-8-17-18(11-14)20-12-19-17/h3-8,11-13,21H,9-10H2,1-2H3,(H,19,20). The number of hydrogen-bond acceptors (Lipinski definition) is 3. The average Bonchev–Trinajstić information content (AvgIpc) is 3.02. The number of sulfonamides is 1. The largest absolute Gasteiger partial charge is 0.345 e. The number of imidazole rings is 1. The molecule has 0 saturated carbocycles. The van der Waals surface area contributed by atoms with Crippen molar-refractivity contribution in [1.82, 2.24) is 14.7 Å². The Balaban J connectivity index is 1.64. The fourth-order valence-electron chi connectivity index (χ4n) is 2.58. The van der Waals surface area contributed by atoms with E-state index in [2.05, 4.69) is 28.5 Å². The van der Waals surface area contributed by atoms with Gasteiger partial charge in [0.25, 0.3) is 0 Å². The molecule has 0 aliphatic carbocycles. The monoisotopic (exact) mass is 343 g/mol. The number of fused-ring (bicyclic) bond motifs is 1. The SMILES string of the molecule is CC(C)c1ccc(S(=O)(=O)NCCc2ccc3nc[nH]c3c2)cc1. The van der Waals surface area contributed by atoms with Crippen molar-refractivity contribution in [3.63, 3.8) is 0 Å². The van der Waals surface area contributed by atoms with Crippen molar-refractivity contribution < 1.29 is 8.42 Å². The van der Waals surface area contributed by atoms with Crippen molar-refractivity contribution in [3.8, 4) is 0 Å². The highest BCUT2D eigenvalue weighted by Gasteiger charge is 2.13. The molecule has 2 N–H and O–H groups in total. The van der Waals surface area contributed by atoms with Crippen LogP contribution in [0.1, 0.15) is 30.9 Å². The van der Waals surface area contributed by atoms with E-state index in [1.807, 2.05) is 30.3 Å². The van der Waals surface area contributed by atoms with Gasteiger partial charge in [-0.2, -0.15) is 0 Å². The van der Waals surface area contributed by atoms with Gasteiger partial charge in [-0.1, -0.05) is 32.0 Å². The van der Waals surface area contributed by atoms with Crippen LogP contribution in [0.25, 0.3) is 11.0 Å². The number of nitrogens with one attached hydrogen (secondary N) is 2. The molecule has 0 radical (unpaired) electrons. The normalized spacial score (nSPS) is 12.1. The lowest BCUT2D eigenvalue weighted by Gasteiger charge is -2.09. The van der Waals surface area contributed by atoms with E-state index >= 15 is 0 Å². The van der Waals surface area contributed by atoms with Crippen molar-refractivity contribution in [1.29, 1.82) is 0 Å². The molecule has 0 spiro atoms. The van der Waals surface area contributed by atoms with E-state index in [-0.39, 0.29) is 0 Å². The van der Waals surface area contributed by atoms with Crippen LogP contribution in [0, 0.1) is 0 Å². The van der Waals surface area contributed by atoms with Crippen molar-refractivity contribution in [3.05, 3.63) is 59.9 Å². The molecule has 24 heavy (non-hydrogen) atoms. The van der Waals surface area contributed by atoms with Crippen LogP contribution in [0.2, 0.25) is 0 Å². The van der Waals surface area contributed by atoms with E-state index in [4.69, 9.17) is 0 Å². The van der Waals surface area contributed by atoms with E-state index in [1.54, 1.807) is 18.5 Å². The Bertz CT molecular complexity index is 928. The first-order chi connectivity index (χ1) is 11.5. The summed E-state index contributed by atoms with van der Waals surface area (Å²) in [6.45, 7) is 4.52. The van der Waals surface area contributed by atoms with Crippen LogP contribution < -0.4 is 4.72 Å². The van der Waals surface area contributed by atoms with Crippen LogP contribution in [0.4, 0.5) is 0 Å². The Morgan fingerprint density at radius 2 is 1.88 bits per heavy atom. The summed E-state index contributed by atoms with van der Waals surface area (Å²) in [5.74, 6) is 0.382. The summed E-state index contributed by atoms with van der Waals surface area (Å²) in [7, 11) is -3.47. The predicted molar refractivity (Wildman–Crippen MR) is 95.5 cm³/mol. The number of rotatable bonds is 6. The molecule has 0 bridgehead atoms. The lowest BCUT2D eigenvalue weighted by atomic mass is 10.0. The Labute approximate surface area is 142 Å². The first kappa shape index (κ1) is 16.7. The summed E-state index contributed by atoms with van der Waals surface area (Å²) in [4.78, 5) is 7.53. The van der Waals surface area contributed by atoms with Gasteiger partial charge in [0.15, 0.2) is 0 Å². The molecule has 1 aromatic heterocycles. The van der Waals surface area contributed by atoms with Gasteiger partial charge in [0, 0.05) is 6.54 Å². The van der Waals surface area contributed by atoms with Gasteiger partial charge in [-0.15, -0.1) is 0 Å². The van der Waals surface area contributed by atoms with Gasteiger partial charge in [0.1, 0.15) is 0 Å². The Hall–Kier alpha value is -2.18. The van der Waals surface area contributed by atoms with Crippen LogP contribution in [0.15, 0.2) is 53.7 Å². The molecule has 0 atom stereocenters. The smallest absolute Gasteiger partial charge is 0.240 e. The third-order valence-corrected chi connectivity index (χ3v) is 5.52. The first-order valence-electron chi connectivity index (χ1n) is 7.97. The Kier molecular flexibility index (Phi) is 4.69. The maximum Gasteiger partial charge on any atom is 0.240 e. The van der Waals surface area contributed by atoms with Crippen molar-refractivity contribution in [2.45, 2.75) is 31.1 Å². The maximum absolute atomic E-state index is 12.3. The molecule has 5 nitrogen and oxygen atoms in total. The van der Waals surface area contributed by atoms with Crippen LogP contribution in [-0.4, -0.2) is 24.9 Å². The number of aromatic amines is 1. The zero-order chi connectivity index (χ0) is 17.2. The molecule has 0 amide bonds. The zero-order valence-electron chi connectivity index (χ0n) is 13.8. The molecule has 0 unspecified atom stereocenters. The number of hydrogen-bond donors (Lipinski definition) is 2. The average molecular weight is 343 g/mol. The minimum Gasteiger partial charge on any atom is -0.345 e. The summed E-state index contributed by atoms with van der Waals surface area (Å²) in [5.41, 5.74) is 4.05. The van der Waals surface area contributed by atoms with Crippen LogP contribution in [0.5, 0.6) is 0 Å². The van der Waals surface area contributed by atoms with E-state index in [0.29, 0.717) is 23.8 Å². The Morgan fingerprint density at radius 3 is 2.58 bits per heavy atom. The number of benzene rings is 2. The van der Waals surface area contributed by atoms with Crippen molar-refractivity contribution >= 4 is 21.1 Å². The molecule has 6 heteroatoms. The molecular formula is C18H21N3O2S. The molecule has 0 saturated heterocycles. The maximum atomic E-state index is 12.3. The van der Waals surface area contributed by atoms with Gasteiger partial charge in [0.05, 0.1) is 22.3 Å². The van der Waals surface area contributed by atoms with E-state index < -0.39 is 10.0 Å². The van der Waals surface area contributed by atoms with Gasteiger partial charge in [0.2, 0.25) is 10.0 Å². The highest BCUT2D eigenvalue weighted by Crippen LogP contribution is 2.17. The first-order valence-corrected chi connectivity index (χ1v) is 9.46. The molecule has 1 heterocycles. The van der Waals surface area contributed by atoms with Gasteiger partial charge in [-0.05, 0) is 47.7 Å². The van der Waals surface area contributed by atoms with Crippen LogP contribution in [0.3, 0.4) is 0 Å². The molecule has 3 rings (SSSR count). The summed E-state index contributed by atoms with van der Waals surface area (Å²) in [6, 6.07) is 12.9. The lowest BCUT2D eigenvalue weighted by Crippen LogP contribution is -2.26. The molecular weight excluding hydrogens is 322 g/mol. The van der Waals surface area contributed by atoms with Gasteiger partial charge >= 0.3 is 0 Å². The second kappa shape index (κ2) is 6.75. The highest BCUT2D eigenvalue weighted by atomic mass is 32.2. The molecule has 0 aliphatic rings. The second-order valence-corrected chi connectivity index (χ2v) is 7.89. The summed E-state index contributed by atoms with van der Waals surface area (Å²) < 4.78 is 27.4. The molecule has 2 aromatic carbocycles. The molecule has 0 aliphatic heterocycles.